The van der Waals surface area contributed by atoms with Crippen molar-refractivity contribution in [2.75, 3.05) is 0 Å². The number of benzene rings is 2. The third-order valence-corrected chi connectivity index (χ3v) is 7.21. The quantitative estimate of drug-likeness (QED) is 0.388. The number of nitrogens with two attached hydrogens (primary N) is 1. The lowest BCUT2D eigenvalue weighted by atomic mass is 9.87. The second kappa shape index (κ2) is 10.4. The molecule has 3 N–H and O–H groups in total. The van der Waals surface area contributed by atoms with E-state index in [-0.39, 0.29) is 23.9 Å². The van der Waals surface area contributed by atoms with Gasteiger partial charge in [0, 0.05) is 48.7 Å². The summed E-state index contributed by atoms with van der Waals surface area (Å²) in [6.07, 6.45) is 8.33. The fraction of sp³-hybridized carbons (Fsp3) is 0.333. The second-order valence-electron chi connectivity index (χ2n) is 9.92. The SMILES string of the molecule is Cc1cccc(C(CC(=O)N[C@H]2CC[C@H](N)CC2)c2cn(Cc3ccccc3)c3ncccc23)c1. The van der Waals surface area contributed by atoms with Crippen LogP contribution in [0.3, 0.4) is 0 Å². The van der Waals surface area contributed by atoms with Crippen molar-refractivity contribution in [1.82, 2.24) is 14.9 Å². The molecule has 2 aromatic heterocycles. The Hall–Kier alpha value is -3.44. The molecule has 2 aromatic carbocycles. The van der Waals surface area contributed by atoms with Gasteiger partial charge in [-0.25, -0.2) is 4.98 Å². The standard InChI is InChI=1S/C30H34N4O/c1-21-7-5-10-23(17-21)27(18-29(35)33-25-14-12-24(31)13-15-25)28-20-34(19-22-8-3-2-4-9-22)30-26(28)11-6-16-32-30/h2-11,16-17,20,24-25,27H,12-15,18-19,31H2,1H3,(H,33,35)/t24-,25-,27?. The van der Waals surface area contributed by atoms with Crippen LogP contribution in [-0.2, 0) is 11.3 Å². The summed E-state index contributed by atoms with van der Waals surface area (Å²) in [6, 6.07) is 23.6. The molecule has 5 nitrogen and oxygen atoms in total. The molecule has 1 amide bonds. The predicted octanol–water partition coefficient (Wildman–Crippen LogP) is 5.30. The molecule has 180 valence electrons. The normalized spacial score (nSPS) is 18.9. The highest BCUT2D eigenvalue weighted by Gasteiger charge is 2.26. The largest absolute Gasteiger partial charge is 0.353 e. The first-order valence-corrected chi connectivity index (χ1v) is 12.7. The molecule has 1 saturated carbocycles. The first-order valence-electron chi connectivity index (χ1n) is 12.7. The van der Waals surface area contributed by atoms with Crippen molar-refractivity contribution in [3.8, 4) is 0 Å². The van der Waals surface area contributed by atoms with E-state index in [1.165, 1.54) is 11.1 Å². The van der Waals surface area contributed by atoms with E-state index in [0.717, 1.165) is 54.4 Å². The van der Waals surface area contributed by atoms with Gasteiger partial charge < -0.3 is 15.6 Å². The van der Waals surface area contributed by atoms with Crippen molar-refractivity contribution in [2.45, 2.75) is 63.6 Å². The van der Waals surface area contributed by atoms with E-state index in [0.29, 0.717) is 6.42 Å². The van der Waals surface area contributed by atoms with Gasteiger partial charge in [-0.3, -0.25) is 4.79 Å². The molecule has 1 unspecified atom stereocenters. The Labute approximate surface area is 207 Å². The van der Waals surface area contributed by atoms with Crippen LogP contribution in [-0.4, -0.2) is 27.5 Å². The average Bonchev–Trinajstić information content (AvgIpc) is 3.23. The molecule has 0 saturated heterocycles. The molecule has 1 aliphatic rings. The molecule has 5 heteroatoms. The van der Waals surface area contributed by atoms with Crippen LogP contribution in [0, 0.1) is 6.92 Å². The van der Waals surface area contributed by atoms with E-state index in [9.17, 15) is 4.79 Å². The van der Waals surface area contributed by atoms with Gasteiger partial charge in [-0.2, -0.15) is 0 Å². The molecule has 5 rings (SSSR count). The zero-order chi connectivity index (χ0) is 24.2. The van der Waals surface area contributed by atoms with Gasteiger partial charge in [-0.1, -0.05) is 60.2 Å². The van der Waals surface area contributed by atoms with E-state index in [4.69, 9.17) is 10.7 Å². The van der Waals surface area contributed by atoms with Crippen LogP contribution in [0.5, 0.6) is 0 Å². The molecule has 0 aliphatic heterocycles. The van der Waals surface area contributed by atoms with Crippen molar-refractivity contribution in [3.05, 3.63) is 101 Å². The minimum Gasteiger partial charge on any atom is -0.353 e. The Morgan fingerprint density at radius 3 is 2.63 bits per heavy atom. The number of aryl methyl sites for hydroxylation is 1. The van der Waals surface area contributed by atoms with Crippen molar-refractivity contribution in [2.24, 2.45) is 5.73 Å². The van der Waals surface area contributed by atoms with Gasteiger partial charge in [0.1, 0.15) is 5.65 Å². The van der Waals surface area contributed by atoms with E-state index in [2.05, 4.69) is 77.6 Å². The van der Waals surface area contributed by atoms with Crippen molar-refractivity contribution < 1.29 is 4.79 Å². The summed E-state index contributed by atoms with van der Waals surface area (Å²) in [4.78, 5) is 18.0. The van der Waals surface area contributed by atoms with Gasteiger partial charge in [0.25, 0.3) is 0 Å². The smallest absolute Gasteiger partial charge is 0.221 e. The Balaban J connectivity index is 1.49. The lowest BCUT2D eigenvalue weighted by Crippen LogP contribution is -2.40. The third kappa shape index (κ3) is 5.46. The number of nitrogens with zero attached hydrogens (tertiary/aromatic N) is 2. The minimum absolute atomic E-state index is 0.0514. The number of nitrogens with one attached hydrogen (secondary N) is 1. The molecule has 4 aromatic rings. The summed E-state index contributed by atoms with van der Waals surface area (Å²) in [5.41, 5.74) is 11.7. The molecule has 1 atom stereocenters. The van der Waals surface area contributed by atoms with Crippen LogP contribution < -0.4 is 11.1 Å². The molecule has 0 bridgehead atoms. The monoisotopic (exact) mass is 466 g/mol. The van der Waals surface area contributed by atoms with Crippen LogP contribution in [0.4, 0.5) is 0 Å². The Morgan fingerprint density at radius 1 is 1.06 bits per heavy atom. The van der Waals surface area contributed by atoms with Crippen LogP contribution in [0.1, 0.15) is 60.3 Å². The van der Waals surface area contributed by atoms with Crippen molar-refractivity contribution in [3.63, 3.8) is 0 Å². The summed E-state index contributed by atoms with van der Waals surface area (Å²) in [5.74, 6) is 0.0503. The van der Waals surface area contributed by atoms with Gasteiger partial charge in [0.2, 0.25) is 5.91 Å². The first-order chi connectivity index (χ1) is 17.1. The molecular formula is C30H34N4O. The Bertz CT molecular complexity index is 1290. The van der Waals surface area contributed by atoms with E-state index in [1.54, 1.807) is 0 Å². The number of hydrogen-bond acceptors (Lipinski definition) is 3. The third-order valence-electron chi connectivity index (χ3n) is 7.21. The molecule has 2 heterocycles. The number of hydrogen-bond donors (Lipinski definition) is 2. The highest BCUT2D eigenvalue weighted by atomic mass is 16.1. The van der Waals surface area contributed by atoms with Crippen molar-refractivity contribution in [1.29, 1.82) is 0 Å². The molecule has 0 spiro atoms. The predicted molar refractivity (Wildman–Crippen MR) is 141 cm³/mol. The zero-order valence-corrected chi connectivity index (χ0v) is 20.4. The van der Waals surface area contributed by atoms with Gasteiger partial charge in [0.15, 0.2) is 0 Å². The van der Waals surface area contributed by atoms with E-state index < -0.39 is 0 Å². The fourth-order valence-corrected chi connectivity index (χ4v) is 5.36. The number of aromatic nitrogens is 2. The van der Waals surface area contributed by atoms with E-state index >= 15 is 0 Å². The van der Waals surface area contributed by atoms with Gasteiger partial charge >= 0.3 is 0 Å². The number of fused-ring (bicyclic) bond motifs is 1. The number of amides is 1. The zero-order valence-electron chi connectivity index (χ0n) is 20.4. The molecule has 0 radical (unpaired) electrons. The molecule has 1 fully saturated rings. The lowest BCUT2D eigenvalue weighted by molar-refractivity contribution is -0.122. The summed E-state index contributed by atoms with van der Waals surface area (Å²) < 4.78 is 2.21. The first kappa shape index (κ1) is 23.3. The molecule has 1 aliphatic carbocycles. The summed E-state index contributed by atoms with van der Waals surface area (Å²) in [6.45, 7) is 2.84. The summed E-state index contributed by atoms with van der Waals surface area (Å²) in [5, 5.41) is 4.40. The van der Waals surface area contributed by atoms with Crippen LogP contribution in [0.25, 0.3) is 11.0 Å². The second-order valence-corrected chi connectivity index (χ2v) is 9.92. The van der Waals surface area contributed by atoms with Gasteiger partial charge in [-0.15, -0.1) is 0 Å². The molecule has 35 heavy (non-hydrogen) atoms. The highest BCUT2D eigenvalue weighted by molar-refractivity contribution is 5.84. The fourth-order valence-electron chi connectivity index (χ4n) is 5.36. The lowest BCUT2D eigenvalue weighted by Gasteiger charge is -2.27. The van der Waals surface area contributed by atoms with Crippen LogP contribution in [0.2, 0.25) is 0 Å². The maximum absolute atomic E-state index is 13.3. The Kier molecular flexibility index (Phi) is 6.96. The number of rotatable bonds is 7. The van der Waals surface area contributed by atoms with E-state index in [1.807, 2.05) is 18.3 Å². The highest BCUT2D eigenvalue weighted by Crippen LogP contribution is 2.35. The number of carbonyl (C=O) groups excluding carboxylic acids is 1. The maximum atomic E-state index is 13.3. The molecular weight excluding hydrogens is 432 g/mol. The Morgan fingerprint density at radius 2 is 1.86 bits per heavy atom. The topological polar surface area (TPSA) is 72.9 Å². The van der Waals surface area contributed by atoms with Gasteiger partial charge in [-0.05, 0) is 61.4 Å². The van der Waals surface area contributed by atoms with Crippen LogP contribution in [0.15, 0.2) is 79.1 Å². The maximum Gasteiger partial charge on any atom is 0.221 e. The summed E-state index contributed by atoms with van der Waals surface area (Å²) in [7, 11) is 0. The number of pyridine rings is 1. The van der Waals surface area contributed by atoms with Crippen molar-refractivity contribution >= 4 is 16.9 Å². The summed E-state index contributed by atoms with van der Waals surface area (Å²) >= 11 is 0. The van der Waals surface area contributed by atoms with Gasteiger partial charge in [0.05, 0.1) is 0 Å². The van der Waals surface area contributed by atoms with Crippen LogP contribution >= 0.6 is 0 Å². The average molecular weight is 467 g/mol. The number of carbonyl (C=O) groups is 1. The minimum atomic E-state index is -0.0514.